The van der Waals surface area contributed by atoms with Crippen LogP contribution in [0.2, 0.25) is 0 Å². The quantitative estimate of drug-likeness (QED) is 0.691. The van der Waals surface area contributed by atoms with Crippen LogP contribution in [0.3, 0.4) is 0 Å². The zero-order chi connectivity index (χ0) is 11.7. The van der Waals surface area contributed by atoms with Crippen molar-refractivity contribution >= 4 is 16.0 Å². The van der Waals surface area contributed by atoms with Gasteiger partial charge in [0.05, 0.1) is 12.1 Å². The van der Waals surface area contributed by atoms with Crippen molar-refractivity contribution in [2.24, 2.45) is 0 Å². The maximum Gasteiger partial charge on any atom is 0.323 e. The molecule has 1 saturated heterocycles. The maximum absolute atomic E-state index is 11.6. The molecule has 0 aliphatic carbocycles. The lowest BCUT2D eigenvalue weighted by Crippen LogP contribution is -2.50. The Morgan fingerprint density at radius 3 is 2.60 bits per heavy atom. The highest BCUT2D eigenvalue weighted by molar-refractivity contribution is 7.90. The maximum atomic E-state index is 11.6. The average Bonchev–Trinajstić information content (AvgIpc) is 2.49. The molecule has 0 aromatic heterocycles. The van der Waals surface area contributed by atoms with Crippen LogP contribution in [0.15, 0.2) is 0 Å². The molecule has 1 fully saturated rings. The molecule has 2 N–H and O–H groups in total. The highest BCUT2D eigenvalue weighted by atomic mass is 32.2. The first-order valence-corrected chi connectivity index (χ1v) is 6.15. The lowest BCUT2D eigenvalue weighted by atomic mass is 10.0. The van der Waals surface area contributed by atoms with Gasteiger partial charge in [0.25, 0.3) is 0 Å². The molecule has 1 aliphatic heterocycles. The molecule has 0 saturated carbocycles. The standard InChI is InChI=1S/C8H15NO5S/c1-6(7(10)11)15(12,13)9-8(2)3-4-14-5-8/h6,9H,3-5H2,1-2H3,(H,10,11). The van der Waals surface area contributed by atoms with Crippen molar-refractivity contribution in [3.05, 3.63) is 0 Å². The SMILES string of the molecule is CC(C(=O)O)S(=O)(=O)NC1(C)CCOC1. The van der Waals surface area contributed by atoms with E-state index >= 15 is 0 Å². The molecule has 0 amide bonds. The van der Waals surface area contributed by atoms with E-state index in [2.05, 4.69) is 4.72 Å². The van der Waals surface area contributed by atoms with Gasteiger partial charge in [-0.1, -0.05) is 0 Å². The third-order valence-electron chi connectivity index (χ3n) is 2.42. The van der Waals surface area contributed by atoms with Crippen molar-refractivity contribution in [2.75, 3.05) is 13.2 Å². The van der Waals surface area contributed by atoms with Gasteiger partial charge in [0.15, 0.2) is 5.25 Å². The predicted molar refractivity (Wildman–Crippen MR) is 53.0 cm³/mol. The van der Waals surface area contributed by atoms with Gasteiger partial charge in [0.2, 0.25) is 10.0 Å². The normalized spacial score (nSPS) is 28.9. The van der Waals surface area contributed by atoms with E-state index in [0.717, 1.165) is 6.92 Å². The summed E-state index contributed by atoms with van der Waals surface area (Å²) in [6.07, 6.45) is 0.554. The number of ether oxygens (including phenoxy) is 1. The monoisotopic (exact) mass is 237 g/mol. The van der Waals surface area contributed by atoms with Gasteiger partial charge in [-0.25, -0.2) is 13.1 Å². The first kappa shape index (κ1) is 12.4. The molecule has 0 aromatic carbocycles. The molecular formula is C8H15NO5S. The molecule has 15 heavy (non-hydrogen) atoms. The fourth-order valence-electron chi connectivity index (χ4n) is 1.31. The van der Waals surface area contributed by atoms with Gasteiger partial charge >= 0.3 is 5.97 Å². The van der Waals surface area contributed by atoms with Gasteiger partial charge in [-0.05, 0) is 20.3 Å². The number of carboxylic acid groups (broad SMARTS) is 1. The van der Waals surface area contributed by atoms with E-state index in [0.29, 0.717) is 13.0 Å². The summed E-state index contributed by atoms with van der Waals surface area (Å²) in [5.74, 6) is -1.36. The minimum absolute atomic E-state index is 0.276. The van der Waals surface area contributed by atoms with E-state index in [9.17, 15) is 13.2 Å². The fraction of sp³-hybridized carbons (Fsp3) is 0.875. The summed E-state index contributed by atoms with van der Waals surface area (Å²) in [5.41, 5.74) is -0.678. The van der Waals surface area contributed by atoms with Crippen LogP contribution in [0, 0.1) is 0 Å². The van der Waals surface area contributed by atoms with Crippen LogP contribution in [0.25, 0.3) is 0 Å². The minimum atomic E-state index is -3.83. The summed E-state index contributed by atoms with van der Waals surface area (Å²) in [7, 11) is -3.83. The highest BCUT2D eigenvalue weighted by Gasteiger charge is 2.38. The van der Waals surface area contributed by atoms with Gasteiger partial charge in [-0.2, -0.15) is 0 Å². The van der Waals surface area contributed by atoms with Crippen LogP contribution in [0.5, 0.6) is 0 Å². The summed E-state index contributed by atoms with van der Waals surface area (Å²) >= 11 is 0. The molecule has 7 heteroatoms. The molecule has 0 spiro atoms. The van der Waals surface area contributed by atoms with Crippen LogP contribution in [0.1, 0.15) is 20.3 Å². The number of carboxylic acids is 1. The first-order valence-electron chi connectivity index (χ1n) is 4.60. The van der Waals surface area contributed by atoms with Crippen LogP contribution >= 0.6 is 0 Å². The van der Waals surface area contributed by atoms with Gasteiger partial charge in [0, 0.05) is 6.61 Å². The lowest BCUT2D eigenvalue weighted by Gasteiger charge is -2.24. The molecule has 0 radical (unpaired) electrons. The Labute approximate surface area is 88.7 Å². The number of nitrogens with one attached hydrogen (secondary N) is 1. The summed E-state index contributed by atoms with van der Waals surface area (Å²) in [6.45, 7) is 3.61. The number of hydrogen-bond acceptors (Lipinski definition) is 4. The number of sulfonamides is 1. The van der Waals surface area contributed by atoms with Crippen molar-refractivity contribution in [1.29, 1.82) is 0 Å². The molecule has 88 valence electrons. The van der Waals surface area contributed by atoms with Gasteiger partial charge < -0.3 is 9.84 Å². The Morgan fingerprint density at radius 2 is 2.20 bits per heavy atom. The van der Waals surface area contributed by atoms with Gasteiger partial charge in [-0.3, -0.25) is 4.79 Å². The number of carbonyl (C=O) groups is 1. The predicted octanol–water partition coefficient (Wildman–Crippen LogP) is -0.442. The van der Waals surface area contributed by atoms with Crippen LogP contribution in [-0.2, 0) is 19.6 Å². The lowest BCUT2D eigenvalue weighted by molar-refractivity contribution is -0.136. The topological polar surface area (TPSA) is 92.7 Å². The average molecular weight is 237 g/mol. The Morgan fingerprint density at radius 1 is 1.60 bits per heavy atom. The second-order valence-electron chi connectivity index (χ2n) is 3.99. The van der Waals surface area contributed by atoms with Crippen LogP contribution in [-0.4, -0.2) is 43.5 Å². The van der Waals surface area contributed by atoms with Crippen molar-refractivity contribution in [2.45, 2.75) is 31.1 Å². The van der Waals surface area contributed by atoms with Crippen LogP contribution < -0.4 is 4.72 Å². The van der Waals surface area contributed by atoms with Crippen molar-refractivity contribution in [1.82, 2.24) is 4.72 Å². The Hall–Kier alpha value is -0.660. The third-order valence-corrected chi connectivity index (χ3v) is 4.33. The molecule has 1 heterocycles. The highest BCUT2D eigenvalue weighted by Crippen LogP contribution is 2.19. The summed E-state index contributed by atoms with van der Waals surface area (Å²) in [6, 6.07) is 0. The zero-order valence-corrected chi connectivity index (χ0v) is 9.50. The van der Waals surface area contributed by atoms with E-state index in [1.807, 2.05) is 0 Å². The van der Waals surface area contributed by atoms with Gasteiger partial charge in [-0.15, -0.1) is 0 Å². The smallest absolute Gasteiger partial charge is 0.323 e. The largest absolute Gasteiger partial charge is 0.480 e. The summed E-state index contributed by atoms with van der Waals surface area (Å²) < 4.78 is 30.6. The Kier molecular flexibility index (Phi) is 3.37. The molecule has 1 aliphatic rings. The summed E-state index contributed by atoms with van der Waals surface area (Å²) in [4.78, 5) is 10.6. The first-order chi connectivity index (χ1) is 6.77. The van der Waals surface area contributed by atoms with Crippen molar-refractivity contribution < 1.29 is 23.1 Å². The van der Waals surface area contributed by atoms with E-state index in [-0.39, 0.29) is 6.61 Å². The minimum Gasteiger partial charge on any atom is -0.480 e. The molecular weight excluding hydrogens is 222 g/mol. The number of hydrogen-bond donors (Lipinski definition) is 2. The third kappa shape index (κ3) is 2.90. The fourth-order valence-corrected chi connectivity index (χ4v) is 2.60. The van der Waals surface area contributed by atoms with E-state index < -0.39 is 26.8 Å². The zero-order valence-electron chi connectivity index (χ0n) is 8.69. The van der Waals surface area contributed by atoms with E-state index in [4.69, 9.17) is 9.84 Å². The van der Waals surface area contributed by atoms with E-state index in [1.54, 1.807) is 6.92 Å². The van der Waals surface area contributed by atoms with Crippen LogP contribution in [0.4, 0.5) is 0 Å². The molecule has 1 rings (SSSR count). The Bertz CT molecular complexity index is 344. The Balaban J connectivity index is 2.76. The number of rotatable bonds is 4. The van der Waals surface area contributed by atoms with E-state index in [1.165, 1.54) is 0 Å². The molecule has 6 nitrogen and oxygen atoms in total. The van der Waals surface area contributed by atoms with Crippen molar-refractivity contribution in [3.8, 4) is 0 Å². The number of aliphatic carboxylic acids is 1. The molecule has 0 bridgehead atoms. The molecule has 0 aromatic rings. The van der Waals surface area contributed by atoms with Crippen molar-refractivity contribution in [3.63, 3.8) is 0 Å². The summed E-state index contributed by atoms with van der Waals surface area (Å²) in [5, 5.41) is 7.18. The second-order valence-corrected chi connectivity index (χ2v) is 5.99. The molecule has 2 atom stereocenters. The second kappa shape index (κ2) is 4.07. The van der Waals surface area contributed by atoms with Gasteiger partial charge in [0.1, 0.15) is 0 Å². The molecule has 2 unspecified atom stereocenters.